The van der Waals surface area contributed by atoms with Crippen molar-refractivity contribution in [2.24, 2.45) is 0 Å². The molecule has 0 saturated carbocycles. The maximum absolute atomic E-state index is 11.4. The van der Waals surface area contributed by atoms with E-state index >= 15 is 0 Å². The number of nitrogens with two attached hydrogens (primary N) is 1. The minimum absolute atomic E-state index is 0.392. The van der Waals surface area contributed by atoms with Crippen molar-refractivity contribution in [3.63, 3.8) is 0 Å². The fourth-order valence-corrected chi connectivity index (χ4v) is 2.06. The number of nitrogen functional groups attached to an aromatic ring is 1. The Balaban J connectivity index is 2.20. The molecule has 2 aromatic rings. The Morgan fingerprint density at radius 1 is 1.40 bits per heavy atom. The van der Waals surface area contributed by atoms with Crippen LogP contribution in [0.25, 0.3) is 0 Å². The van der Waals surface area contributed by atoms with Crippen LogP contribution in [0.3, 0.4) is 0 Å². The molecular formula is C15H18N2O3. The zero-order valence-electron chi connectivity index (χ0n) is 11.8. The van der Waals surface area contributed by atoms with E-state index in [2.05, 4.69) is 4.74 Å². The van der Waals surface area contributed by atoms with Crippen LogP contribution in [-0.2, 0) is 11.3 Å². The molecule has 1 heterocycles. The first kappa shape index (κ1) is 14.0. The molecule has 0 saturated heterocycles. The molecule has 5 nitrogen and oxygen atoms in total. The number of rotatable bonds is 4. The number of hydrogen-bond acceptors (Lipinski definition) is 5. The number of anilines is 2. The lowest BCUT2D eigenvalue weighted by molar-refractivity contribution is 0.0601. The maximum Gasteiger partial charge on any atom is 0.337 e. The first-order chi connectivity index (χ1) is 9.52. The van der Waals surface area contributed by atoms with Crippen LogP contribution in [0.2, 0.25) is 0 Å². The predicted octanol–water partition coefficient (Wildman–Crippen LogP) is 2.59. The van der Waals surface area contributed by atoms with Gasteiger partial charge < -0.3 is 19.8 Å². The molecule has 20 heavy (non-hydrogen) atoms. The van der Waals surface area contributed by atoms with Crippen LogP contribution < -0.4 is 10.6 Å². The number of carbonyl (C=O) groups is 1. The van der Waals surface area contributed by atoms with Gasteiger partial charge >= 0.3 is 5.97 Å². The summed E-state index contributed by atoms with van der Waals surface area (Å²) in [6.45, 7) is 2.61. The molecule has 2 rings (SSSR count). The minimum Gasteiger partial charge on any atom is -0.469 e. The van der Waals surface area contributed by atoms with E-state index in [1.54, 1.807) is 18.4 Å². The van der Waals surface area contributed by atoms with Crippen molar-refractivity contribution >= 4 is 17.3 Å². The molecule has 5 heteroatoms. The Hall–Kier alpha value is -2.43. The van der Waals surface area contributed by atoms with Gasteiger partial charge in [0.15, 0.2) is 0 Å². The van der Waals surface area contributed by atoms with Crippen LogP contribution in [0.5, 0.6) is 0 Å². The van der Waals surface area contributed by atoms with Gasteiger partial charge in [0, 0.05) is 19.2 Å². The molecule has 0 bridgehead atoms. The van der Waals surface area contributed by atoms with E-state index in [-0.39, 0.29) is 0 Å². The molecule has 0 aliphatic heterocycles. The molecule has 0 aliphatic carbocycles. The highest BCUT2D eigenvalue weighted by Crippen LogP contribution is 2.25. The summed E-state index contributed by atoms with van der Waals surface area (Å²) < 4.78 is 9.95. The Kier molecular flexibility index (Phi) is 3.98. The number of nitrogens with zero attached hydrogens (tertiary/aromatic N) is 1. The highest BCUT2D eigenvalue weighted by molar-refractivity contribution is 5.91. The smallest absolute Gasteiger partial charge is 0.337 e. The number of hydrogen-bond donors (Lipinski definition) is 1. The first-order valence-corrected chi connectivity index (χ1v) is 6.25. The summed E-state index contributed by atoms with van der Waals surface area (Å²) in [7, 11) is 3.29. The van der Waals surface area contributed by atoms with Gasteiger partial charge in [-0.15, -0.1) is 0 Å². The quantitative estimate of drug-likeness (QED) is 0.685. The van der Waals surface area contributed by atoms with Crippen LogP contribution in [0.1, 0.15) is 21.7 Å². The average Bonchev–Trinajstić information content (AvgIpc) is 2.83. The van der Waals surface area contributed by atoms with Gasteiger partial charge in [-0.05, 0) is 31.2 Å². The van der Waals surface area contributed by atoms with Crippen molar-refractivity contribution in [3.8, 4) is 0 Å². The third-order valence-electron chi connectivity index (χ3n) is 3.23. The van der Waals surface area contributed by atoms with Gasteiger partial charge in [0.25, 0.3) is 0 Å². The van der Waals surface area contributed by atoms with Gasteiger partial charge in [-0.25, -0.2) is 4.79 Å². The molecule has 0 amide bonds. The number of methoxy groups -OCH3 is 1. The monoisotopic (exact) mass is 274 g/mol. The highest BCUT2D eigenvalue weighted by atomic mass is 16.5. The molecule has 106 valence electrons. The van der Waals surface area contributed by atoms with Crippen molar-refractivity contribution < 1.29 is 13.9 Å². The lowest BCUT2D eigenvalue weighted by atomic mass is 10.1. The molecule has 0 aliphatic rings. The van der Waals surface area contributed by atoms with Crippen LogP contribution in [0.15, 0.2) is 34.9 Å². The van der Waals surface area contributed by atoms with Gasteiger partial charge in [0.05, 0.1) is 30.3 Å². The van der Waals surface area contributed by atoms with Crippen LogP contribution in [-0.4, -0.2) is 20.1 Å². The number of furan rings is 1. The Labute approximate surface area is 117 Å². The lowest BCUT2D eigenvalue weighted by Crippen LogP contribution is -2.18. The normalized spacial score (nSPS) is 10.3. The van der Waals surface area contributed by atoms with E-state index in [1.807, 2.05) is 31.0 Å². The van der Waals surface area contributed by atoms with E-state index in [1.165, 1.54) is 7.11 Å². The van der Waals surface area contributed by atoms with Crippen LogP contribution in [0, 0.1) is 6.92 Å². The zero-order valence-corrected chi connectivity index (χ0v) is 11.8. The first-order valence-electron chi connectivity index (χ1n) is 6.25. The number of benzene rings is 1. The average molecular weight is 274 g/mol. The number of esters is 1. The molecule has 0 unspecified atom stereocenters. The van der Waals surface area contributed by atoms with E-state index < -0.39 is 5.97 Å². The SMILES string of the molecule is COC(=O)c1ccc(N(C)Cc2ccoc2C)c(N)c1. The minimum atomic E-state index is -0.392. The molecule has 1 aromatic heterocycles. The number of carbonyl (C=O) groups excluding carboxylic acids is 1. The lowest BCUT2D eigenvalue weighted by Gasteiger charge is -2.21. The standard InChI is InChI=1S/C15H18N2O3/c1-10-12(6-7-20-10)9-17(2)14-5-4-11(8-13(14)16)15(18)19-3/h4-8H,9,16H2,1-3H3. The van der Waals surface area contributed by atoms with Crippen LogP contribution in [0.4, 0.5) is 11.4 Å². The Morgan fingerprint density at radius 2 is 2.15 bits per heavy atom. The molecule has 1 aromatic carbocycles. The van der Waals surface area contributed by atoms with Gasteiger partial charge in [-0.1, -0.05) is 0 Å². The van der Waals surface area contributed by atoms with Gasteiger partial charge in [-0.3, -0.25) is 0 Å². The van der Waals surface area contributed by atoms with Crippen molar-refractivity contribution in [2.45, 2.75) is 13.5 Å². The topological polar surface area (TPSA) is 68.7 Å². The predicted molar refractivity (Wildman–Crippen MR) is 77.7 cm³/mol. The van der Waals surface area contributed by atoms with Crippen molar-refractivity contribution in [1.29, 1.82) is 0 Å². The molecule has 2 N–H and O–H groups in total. The summed E-state index contributed by atoms with van der Waals surface area (Å²) in [6.07, 6.45) is 1.67. The third kappa shape index (κ3) is 2.77. The second-order valence-electron chi connectivity index (χ2n) is 4.62. The summed E-state index contributed by atoms with van der Waals surface area (Å²) in [4.78, 5) is 13.5. The molecule has 0 spiro atoms. The largest absolute Gasteiger partial charge is 0.469 e. The van der Waals surface area contributed by atoms with Gasteiger partial charge in [0.2, 0.25) is 0 Å². The Morgan fingerprint density at radius 3 is 2.70 bits per heavy atom. The van der Waals surface area contributed by atoms with Gasteiger partial charge in [-0.2, -0.15) is 0 Å². The zero-order chi connectivity index (χ0) is 14.7. The molecular weight excluding hydrogens is 256 g/mol. The van der Waals surface area contributed by atoms with Crippen molar-refractivity contribution in [2.75, 3.05) is 24.8 Å². The van der Waals surface area contributed by atoms with E-state index in [9.17, 15) is 4.79 Å². The molecule has 0 radical (unpaired) electrons. The summed E-state index contributed by atoms with van der Waals surface area (Å²) in [5, 5.41) is 0. The summed E-state index contributed by atoms with van der Waals surface area (Å²) in [6, 6.07) is 7.08. The van der Waals surface area contributed by atoms with Gasteiger partial charge in [0.1, 0.15) is 5.76 Å². The maximum atomic E-state index is 11.4. The number of ether oxygens (including phenoxy) is 1. The fraction of sp³-hybridized carbons (Fsp3) is 0.267. The van der Waals surface area contributed by atoms with E-state index in [0.717, 1.165) is 17.0 Å². The van der Waals surface area contributed by atoms with Crippen molar-refractivity contribution in [3.05, 3.63) is 47.4 Å². The highest BCUT2D eigenvalue weighted by Gasteiger charge is 2.12. The second kappa shape index (κ2) is 5.69. The van der Waals surface area contributed by atoms with Crippen molar-refractivity contribution in [1.82, 2.24) is 0 Å². The van der Waals surface area contributed by atoms with Crippen LogP contribution >= 0.6 is 0 Å². The summed E-state index contributed by atoms with van der Waals surface area (Å²) in [5.74, 6) is 0.498. The third-order valence-corrected chi connectivity index (χ3v) is 3.23. The fourth-order valence-electron chi connectivity index (χ4n) is 2.06. The molecule has 0 atom stereocenters. The van der Waals surface area contributed by atoms with E-state index in [0.29, 0.717) is 17.8 Å². The van der Waals surface area contributed by atoms with E-state index in [4.69, 9.17) is 10.2 Å². The molecule has 0 fully saturated rings. The Bertz CT molecular complexity index is 619. The summed E-state index contributed by atoms with van der Waals surface area (Å²) in [5.41, 5.74) is 8.95. The number of aryl methyl sites for hydroxylation is 1. The summed E-state index contributed by atoms with van der Waals surface area (Å²) >= 11 is 0. The second-order valence-corrected chi connectivity index (χ2v) is 4.62.